The second kappa shape index (κ2) is 7.78. The zero-order valence-electron chi connectivity index (χ0n) is 16.1. The largest absolute Gasteiger partial charge is 0.494 e. The monoisotopic (exact) mass is 372 g/mol. The highest BCUT2D eigenvalue weighted by Crippen LogP contribution is 2.40. The van der Waals surface area contributed by atoms with Gasteiger partial charge in [-0.25, -0.2) is 4.98 Å². The molecule has 5 heteroatoms. The lowest BCUT2D eigenvalue weighted by molar-refractivity contribution is -0.115. The Hall–Kier alpha value is -1.88. The molecule has 3 rings (SSSR count). The van der Waals surface area contributed by atoms with Crippen molar-refractivity contribution in [3.8, 4) is 5.75 Å². The van der Waals surface area contributed by atoms with E-state index in [4.69, 9.17) is 4.74 Å². The van der Waals surface area contributed by atoms with E-state index >= 15 is 0 Å². The summed E-state index contributed by atoms with van der Waals surface area (Å²) in [6.45, 7) is 9.53. The van der Waals surface area contributed by atoms with Crippen molar-refractivity contribution in [1.29, 1.82) is 0 Å². The first-order valence-electron chi connectivity index (χ1n) is 9.35. The van der Waals surface area contributed by atoms with Crippen molar-refractivity contribution >= 4 is 22.4 Å². The number of nitrogens with zero attached hydrogens (tertiary/aromatic N) is 1. The van der Waals surface area contributed by atoms with E-state index < -0.39 is 0 Å². The fourth-order valence-electron chi connectivity index (χ4n) is 3.39. The molecule has 0 spiro atoms. The van der Waals surface area contributed by atoms with Crippen LogP contribution < -0.4 is 10.1 Å². The summed E-state index contributed by atoms with van der Waals surface area (Å²) in [4.78, 5) is 18.3. The summed E-state index contributed by atoms with van der Waals surface area (Å²) in [5.74, 6) is 1.49. The molecule has 0 saturated heterocycles. The van der Waals surface area contributed by atoms with Gasteiger partial charge in [-0.2, -0.15) is 0 Å². The van der Waals surface area contributed by atoms with Crippen LogP contribution in [0.1, 0.15) is 50.3 Å². The number of ether oxygens (including phenoxy) is 1. The maximum atomic E-state index is 12.4. The van der Waals surface area contributed by atoms with Gasteiger partial charge >= 0.3 is 0 Å². The quantitative estimate of drug-likeness (QED) is 0.814. The van der Waals surface area contributed by atoms with Gasteiger partial charge in [0.1, 0.15) is 5.75 Å². The van der Waals surface area contributed by atoms with E-state index in [1.165, 1.54) is 17.0 Å². The minimum Gasteiger partial charge on any atom is -0.494 e. The zero-order valence-corrected chi connectivity index (χ0v) is 16.9. The third-order valence-corrected chi connectivity index (χ3v) is 6.05. The molecule has 1 unspecified atom stereocenters. The molecule has 1 aromatic heterocycles. The van der Waals surface area contributed by atoms with Gasteiger partial charge in [0, 0.05) is 4.88 Å². The third kappa shape index (κ3) is 4.64. The number of benzene rings is 1. The number of nitrogens with one attached hydrogen (secondary N) is 1. The van der Waals surface area contributed by atoms with Crippen molar-refractivity contribution in [1.82, 2.24) is 4.98 Å². The molecule has 1 aliphatic rings. The van der Waals surface area contributed by atoms with E-state index in [9.17, 15) is 4.79 Å². The number of aromatic nitrogens is 1. The van der Waals surface area contributed by atoms with Crippen LogP contribution >= 0.6 is 11.3 Å². The second-order valence-electron chi connectivity index (χ2n) is 8.00. The fraction of sp³-hybridized carbons (Fsp3) is 0.524. The van der Waals surface area contributed by atoms with Gasteiger partial charge in [0.15, 0.2) is 5.13 Å². The topological polar surface area (TPSA) is 51.2 Å². The van der Waals surface area contributed by atoms with Gasteiger partial charge in [-0.15, -0.1) is 11.3 Å². The van der Waals surface area contributed by atoms with Gasteiger partial charge in [-0.05, 0) is 55.2 Å². The fourth-order valence-corrected chi connectivity index (χ4v) is 4.49. The first-order valence-corrected chi connectivity index (χ1v) is 10.2. The molecule has 1 aliphatic carbocycles. The number of aryl methyl sites for hydroxylation is 1. The molecule has 0 fully saturated rings. The molecular formula is C21H28N2O2S. The number of hydrogen-bond acceptors (Lipinski definition) is 4. The Kier molecular flexibility index (Phi) is 5.66. The molecule has 0 aliphatic heterocycles. The van der Waals surface area contributed by atoms with Gasteiger partial charge in [0.2, 0.25) is 5.91 Å². The third-order valence-electron chi connectivity index (χ3n) is 5.01. The van der Waals surface area contributed by atoms with Crippen LogP contribution in [0.15, 0.2) is 24.3 Å². The number of carbonyl (C=O) groups excluding carboxylic acids is 1. The molecule has 1 aromatic carbocycles. The molecule has 4 nitrogen and oxygen atoms in total. The van der Waals surface area contributed by atoms with Crippen LogP contribution in [0.5, 0.6) is 5.75 Å². The average molecular weight is 373 g/mol. The van der Waals surface area contributed by atoms with Crippen molar-refractivity contribution in [2.75, 3.05) is 11.9 Å². The lowest BCUT2D eigenvalue weighted by atomic mass is 9.73. The number of amides is 1. The number of fused-ring (bicyclic) bond motifs is 1. The Bertz CT molecular complexity index is 759. The molecule has 1 N–H and O–H groups in total. The van der Waals surface area contributed by atoms with Gasteiger partial charge in [-0.3, -0.25) is 4.79 Å². The maximum Gasteiger partial charge on any atom is 0.230 e. The van der Waals surface area contributed by atoms with Crippen LogP contribution in [-0.4, -0.2) is 17.5 Å². The molecule has 2 aromatic rings. The summed E-state index contributed by atoms with van der Waals surface area (Å²) < 4.78 is 5.43. The van der Waals surface area contributed by atoms with Crippen LogP contribution in [0.3, 0.4) is 0 Å². The first-order chi connectivity index (χ1) is 12.3. The first kappa shape index (κ1) is 18.9. The van der Waals surface area contributed by atoms with Crippen molar-refractivity contribution in [3.63, 3.8) is 0 Å². The summed E-state index contributed by atoms with van der Waals surface area (Å²) in [5, 5.41) is 3.71. The highest BCUT2D eigenvalue weighted by atomic mass is 32.1. The number of anilines is 1. The number of rotatable bonds is 5. The second-order valence-corrected chi connectivity index (χ2v) is 9.08. The molecule has 26 heavy (non-hydrogen) atoms. The standard InChI is InChI=1S/C21H28N2O2S/c1-5-25-16-9-6-14(7-10-16)12-19(24)23-20-22-17-11-8-15(21(2,3)4)13-18(17)26-20/h6-7,9-10,15H,5,8,11-13H2,1-4H3,(H,22,23,24). The Balaban J connectivity index is 1.59. The molecule has 140 valence electrons. The van der Waals surface area contributed by atoms with Crippen LogP contribution in [-0.2, 0) is 24.1 Å². The van der Waals surface area contributed by atoms with E-state index in [0.29, 0.717) is 24.4 Å². The van der Waals surface area contributed by atoms with Gasteiger partial charge in [0.25, 0.3) is 0 Å². The number of thiazole rings is 1. The average Bonchev–Trinajstić information content (AvgIpc) is 2.97. The lowest BCUT2D eigenvalue weighted by Crippen LogP contribution is -2.26. The van der Waals surface area contributed by atoms with Gasteiger partial charge in [-0.1, -0.05) is 32.9 Å². The van der Waals surface area contributed by atoms with Crippen molar-refractivity contribution in [3.05, 3.63) is 40.4 Å². The van der Waals surface area contributed by atoms with Crippen molar-refractivity contribution in [2.45, 2.75) is 53.4 Å². The Labute approximate surface area is 160 Å². The smallest absolute Gasteiger partial charge is 0.230 e. The van der Waals surface area contributed by atoms with Gasteiger partial charge in [0.05, 0.1) is 18.7 Å². The summed E-state index contributed by atoms with van der Waals surface area (Å²) in [6, 6.07) is 7.68. The summed E-state index contributed by atoms with van der Waals surface area (Å²) in [7, 11) is 0. The van der Waals surface area contributed by atoms with E-state index in [1.54, 1.807) is 11.3 Å². The SMILES string of the molecule is CCOc1ccc(CC(=O)Nc2nc3c(s2)CC(C(C)(C)C)CC3)cc1. The summed E-state index contributed by atoms with van der Waals surface area (Å²) in [6.07, 6.45) is 3.62. The highest BCUT2D eigenvalue weighted by Gasteiger charge is 2.30. The highest BCUT2D eigenvalue weighted by molar-refractivity contribution is 7.15. The summed E-state index contributed by atoms with van der Waals surface area (Å²) in [5.41, 5.74) is 2.46. The molecule has 0 saturated carbocycles. The van der Waals surface area contributed by atoms with Crippen molar-refractivity contribution < 1.29 is 9.53 Å². The van der Waals surface area contributed by atoms with Crippen LogP contribution in [0.25, 0.3) is 0 Å². The van der Waals surface area contributed by atoms with E-state index in [0.717, 1.165) is 29.3 Å². The molecule has 1 heterocycles. The normalized spacial score (nSPS) is 16.8. The molecule has 1 amide bonds. The Morgan fingerprint density at radius 2 is 2.04 bits per heavy atom. The van der Waals surface area contributed by atoms with Crippen LogP contribution in [0.4, 0.5) is 5.13 Å². The molecule has 1 atom stereocenters. The molecule has 0 bridgehead atoms. The number of carbonyl (C=O) groups is 1. The zero-order chi connectivity index (χ0) is 18.7. The predicted molar refractivity (Wildman–Crippen MR) is 107 cm³/mol. The number of hydrogen-bond donors (Lipinski definition) is 1. The van der Waals surface area contributed by atoms with E-state index in [2.05, 4.69) is 31.1 Å². The van der Waals surface area contributed by atoms with Crippen LogP contribution in [0, 0.1) is 11.3 Å². The molecular weight excluding hydrogens is 344 g/mol. The lowest BCUT2D eigenvalue weighted by Gasteiger charge is -2.33. The minimum atomic E-state index is -0.0207. The van der Waals surface area contributed by atoms with Gasteiger partial charge < -0.3 is 10.1 Å². The minimum absolute atomic E-state index is 0.0207. The Morgan fingerprint density at radius 3 is 2.69 bits per heavy atom. The van der Waals surface area contributed by atoms with Crippen molar-refractivity contribution in [2.24, 2.45) is 11.3 Å². The predicted octanol–water partition coefficient (Wildman–Crippen LogP) is 4.87. The molecule has 0 radical (unpaired) electrons. The van der Waals surface area contributed by atoms with Crippen LogP contribution in [0.2, 0.25) is 0 Å². The summed E-state index contributed by atoms with van der Waals surface area (Å²) >= 11 is 1.64. The van der Waals surface area contributed by atoms with E-state index in [-0.39, 0.29) is 5.91 Å². The maximum absolute atomic E-state index is 12.4. The Morgan fingerprint density at radius 1 is 1.31 bits per heavy atom. The van der Waals surface area contributed by atoms with E-state index in [1.807, 2.05) is 31.2 Å².